The number of hydrogen-bond acceptors (Lipinski definition) is 4. The summed E-state index contributed by atoms with van der Waals surface area (Å²) >= 11 is 0. The molecule has 8 heteroatoms. The van der Waals surface area contributed by atoms with Crippen molar-refractivity contribution >= 4 is 33.2 Å². The van der Waals surface area contributed by atoms with Gasteiger partial charge in [0.25, 0.3) is 21.8 Å². The van der Waals surface area contributed by atoms with Gasteiger partial charge in [-0.3, -0.25) is 14.3 Å². The van der Waals surface area contributed by atoms with E-state index in [0.717, 1.165) is 0 Å². The minimum absolute atomic E-state index is 0.145. The van der Waals surface area contributed by atoms with Crippen molar-refractivity contribution in [3.63, 3.8) is 0 Å². The second-order valence-corrected chi connectivity index (χ2v) is 9.88. The summed E-state index contributed by atoms with van der Waals surface area (Å²) in [4.78, 5) is 25.4. The summed E-state index contributed by atoms with van der Waals surface area (Å²) in [6.07, 6.45) is 0. The fourth-order valence-electron chi connectivity index (χ4n) is 2.90. The highest BCUT2D eigenvalue weighted by Crippen LogP contribution is 2.20. The van der Waals surface area contributed by atoms with E-state index in [2.05, 4.69) is 15.4 Å². The zero-order valence-corrected chi connectivity index (χ0v) is 18.9. The van der Waals surface area contributed by atoms with Gasteiger partial charge in [0.2, 0.25) is 0 Å². The molecule has 0 fully saturated rings. The Labute approximate surface area is 187 Å². The molecule has 0 atom stereocenters. The molecular formula is C24H25N3O4S. The van der Waals surface area contributed by atoms with E-state index >= 15 is 0 Å². The van der Waals surface area contributed by atoms with E-state index in [4.69, 9.17) is 0 Å². The van der Waals surface area contributed by atoms with Crippen LogP contribution in [0.5, 0.6) is 0 Å². The van der Waals surface area contributed by atoms with Crippen LogP contribution in [-0.2, 0) is 10.0 Å². The fourth-order valence-corrected chi connectivity index (χ4v) is 3.98. The molecule has 0 aromatic heterocycles. The molecule has 0 saturated carbocycles. The average molecular weight is 452 g/mol. The standard InChI is InChI=1S/C24H25N3O4S/c1-24(2,3)26-23(29)20-11-7-8-12-21(20)25-22(28)17-13-15-18(16-14-17)27-32(30,31)19-9-5-4-6-10-19/h4-16,27H,1-3H3,(H,25,28)(H,26,29). The Bertz CT molecular complexity index is 1220. The first-order chi connectivity index (χ1) is 15.0. The highest BCUT2D eigenvalue weighted by atomic mass is 32.2. The van der Waals surface area contributed by atoms with Crippen LogP contribution in [0.1, 0.15) is 41.5 Å². The maximum Gasteiger partial charge on any atom is 0.261 e. The van der Waals surface area contributed by atoms with Crippen molar-refractivity contribution in [3.8, 4) is 0 Å². The van der Waals surface area contributed by atoms with Crippen LogP contribution in [0.25, 0.3) is 0 Å². The van der Waals surface area contributed by atoms with E-state index in [1.54, 1.807) is 42.5 Å². The molecular weight excluding hydrogens is 426 g/mol. The number of carbonyl (C=O) groups excluding carboxylic acids is 2. The molecule has 3 aromatic carbocycles. The van der Waals surface area contributed by atoms with Crippen molar-refractivity contribution < 1.29 is 18.0 Å². The maximum atomic E-state index is 12.7. The SMILES string of the molecule is CC(C)(C)NC(=O)c1ccccc1NC(=O)c1ccc(NS(=O)(=O)c2ccccc2)cc1. The molecule has 0 heterocycles. The van der Waals surface area contributed by atoms with Gasteiger partial charge in [0.15, 0.2) is 0 Å². The van der Waals surface area contributed by atoms with Gasteiger partial charge >= 0.3 is 0 Å². The van der Waals surface area contributed by atoms with Gasteiger partial charge in [-0.05, 0) is 69.3 Å². The second-order valence-electron chi connectivity index (χ2n) is 8.20. The normalized spacial score (nSPS) is 11.5. The lowest BCUT2D eigenvalue weighted by atomic mass is 10.1. The zero-order chi connectivity index (χ0) is 23.4. The lowest BCUT2D eigenvalue weighted by molar-refractivity contribution is 0.0920. The van der Waals surface area contributed by atoms with E-state index in [9.17, 15) is 18.0 Å². The van der Waals surface area contributed by atoms with E-state index in [1.807, 2.05) is 20.8 Å². The topological polar surface area (TPSA) is 104 Å². The lowest BCUT2D eigenvalue weighted by Crippen LogP contribution is -2.40. The molecule has 0 spiro atoms. The van der Waals surface area contributed by atoms with Crippen LogP contribution in [0.2, 0.25) is 0 Å². The molecule has 0 unspecified atom stereocenters. The van der Waals surface area contributed by atoms with Gasteiger partial charge in [0.05, 0.1) is 16.1 Å². The van der Waals surface area contributed by atoms with Gasteiger partial charge in [-0.1, -0.05) is 30.3 Å². The van der Waals surface area contributed by atoms with Crippen molar-refractivity contribution in [2.45, 2.75) is 31.2 Å². The second kappa shape index (κ2) is 9.23. The number of amides is 2. The first kappa shape index (κ1) is 23.0. The van der Waals surface area contributed by atoms with Crippen LogP contribution in [0.3, 0.4) is 0 Å². The zero-order valence-electron chi connectivity index (χ0n) is 18.0. The Morgan fingerprint density at radius 1 is 0.750 bits per heavy atom. The highest BCUT2D eigenvalue weighted by Gasteiger charge is 2.19. The lowest BCUT2D eigenvalue weighted by Gasteiger charge is -2.21. The molecule has 0 aliphatic rings. The Balaban J connectivity index is 1.73. The van der Waals surface area contributed by atoms with Crippen molar-refractivity contribution in [1.82, 2.24) is 5.32 Å². The van der Waals surface area contributed by atoms with Gasteiger partial charge in [0.1, 0.15) is 0 Å². The molecule has 0 bridgehead atoms. The van der Waals surface area contributed by atoms with Crippen LogP contribution >= 0.6 is 0 Å². The largest absolute Gasteiger partial charge is 0.347 e. The molecule has 32 heavy (non-hydrogen) atoms. The van der Waals surface area contributed by atoms with Crippen molar-refractivity contribution in [2.24, 2.45) is 0 Å². The van der Waals surface area contributed by atoms with Crippen LogP contribution in [-0.4, -0.2) is 25.8 Å². The first-order valence-electron chi connectivity index (χ1n) is 9.96. The van der Waals surface area contributed by atoms with Crippen molar-refractivity contribution in [2.75, 3.05) is 10.0 Å². The molecule has 3 aromatic rings. The summed E-state index contributed by atoms with van der Waals surface area (Å²) in [7, 11) is -3.72. The number of para-hydroxylation sites is 1. The van der Waals surface area contributed by atoms with E-state index in [1.165, 1.54) is 36.4 Å². The molecule has 0 saturated heterocycles. The Kier molecular flexibility index (Phi) is 6.64. The monoisotopic (exact) mass is 451 g/mol. The predicted octanol–water partition coefficient (Wildman–Crippen LogP) is 4.27. The van der Waals surface area contributed by atoms with Gasteiger partial charge in [0, 0.05) is 16.8 Å². The van der Waals surface area contributed by atoms with Crippen LogP contribution in [0.4, 0.5) is 11.4 Å². The quantitative estimate of drug-likeness (QED) is 0.521. The number of hydrogen-bond donors (Lipinski definition) is 3. The van der Waals surface area contributed by atoms with Gasteiger partial charge < -0.3 is 10.6 Å². The van der Waals surface area contributed by atoms with Crippen LogP contribution in [0.15, 0.2) is 83.8 Å². The molecule has 3 rings (SSSR count). The number of anilines is 2. The molecule has 0 aliphatic carbocycles. The summed E-state index contributed by atoms with van der Waals surface area (Å²) in [5.74, 6) is -0.711. The smallest absolute Gasteiger partial charge is 0.261 e. The summed E-state index contributed by atoms with van der Waals surface area (Å²) in [6, 6.07) is 20.8. The Morgan fingerprint density at radius 3 is 1.97 bits per heavy atom. The molecule has 0 aliphatic heterocycles. The van der Waals surface area contributed by atoms with Gasteiger partial charge in [-0.15, -0.1) is 0 Å². The third kappa shape index (κ3) is 5.95. The maximum absolute atomic E-state index is 12.7. The summed E-state index contributed by atoms with van der Waals surface area (Å²) in [5, 5.41) is 5.62. The predicted molar refractivity (Wildman–Crippen MR) is 125 cm³/mol. The summed E-state index contributed by atoms with van der Waals surface area (Å²) in [6.45, 7) is 5.62. The Morgan fingerprint density at radius 2 is 1.34 bits per heavy atom. The molecule has 166 valence electrons. The Hall–Kier alpha value is -3.65. The number of benzene rings is 3. The molecule has 2 amide bonds. The number of rotatable bonds is 6. The third-order valence-electron chi connectivity index (χ3n) is 4.36. The van der Waals surface area contributed by atoms with E-state index in [0.29, 0.717) is 22.5 Å². The van der Waals surface area contributed by atoms with Crippen LogP contribution in [0, 0.1) is 0 Å². The average Bonchev–Trinajstić information content (AvgIpc) is 2.74. The summed E-state index contributed by atoms with van der Waals surface area (Å²) < 4.78 is 27.4. The number of nitrogens with one attached hydrogen (secondary N) is 3. The van der Waals surface area contributed by atoms with Crippen molar-refractivity contribution in [3.05, 3.63) is 90.0 Å². The molecule has 7 nitrogen and oxygen atoms in total. The van der Waals surface area contributed by atoms with E-state index < -0.39 is 21.5 Å². The van der Waals surface area contributed by atoms with Gasteiger partial charge in [-0.2, -0.15) is 0 Å². The number of sulfonamides is 1. The van der Waals surface area contributed by atoms with Gasteiger partial charge in [-0.25, -0.2) is 8.42 Å². The first-order valence-corrected chi connectivity index (χ1v) is 11.4. The fraction of sp³-hybridized carbons (Fsp3) is 0.167. The third-order valence-corrected chi connectivity index (χ3v) is 5.76. The molecule has 0 radical (unpaired) electrons. The minimum atomic E-state index is -3.72. The summed E-state index contributed by atoms with van der Waals surface area (Å²) in [5.41, 5.74) is 0.960. The molecule has 3 N–H and O–H groups in total. The van der Waals surface area contributed by atoms with Crippen molar-refractivity contribution in [1.29, 1.82) is 0 Å². The van der Waals surface area contributed by atoms with E-state index in [-0.39, 0.29) is 10.8 Å². The number of carbonyl (C=O) groups is 2. The van der Waals surface area contributed by atoms with Crippen LogP contribution < -0.4 is 15.4 Å². The highest BCUT2D eigenvalue weighted by molar-refractivity contribution is 7.92. The minimum Gasteiger partial charge on any atom is -0.347 e.